The van der Waals surface area contributed by atoms with E-state index in [1.54, 1.807) is 36.4 Å². The highest BCUT2D eigenvalue weighted by Gasteiger charge is 2.19. The summed E-state index contributed by atoms with van der Waals surface area (Å²) >= 11 is 0. The van der Waals surface area contributed by atoms with Crippen LogP contribution < -0.4 is 15.7 Å². The molecular weight excluding hydrogens is 394 g/mol. The molecule has 0 saturated carbocycles. The number of carbonyl (C=O) groups excluding carboxylic acids is 1. The Morgan fingerprint density at radius 1 is 0.903 bits per heavy atom. The summed E-state index contributed by atoms with van der Waals surface area (Å²) < 4.78 is 8.45. The van der Waals surface area contributed by atoms with Gasteiger partial charge in [0.1, 0.15) is 12.3 Å². The number of hydrogen-bond acceptors (Lipinski definition) is 5. The second kappa shape index (κ2) is 7.75. The fourth-order valence-corrected chi connectivity index (χ4v) is 3.30. The van der Waals surface area contributed by atoms with Crippen LogP contribution in [0.4, 0.5) is 5.69 Å². The van der Waals surface area contributed by atoms with Gasteiger partial charge < -0.3 is 10.1 Å². The van der Waals surface area contributed by atoms with Gasteiger partial charge in [-0.3, -0.25) is 4.79 Å². The molecule has 2 aromatic heterocycles. The zero-order chi connectivity index (χ0) is 21.2. The maximum atomic E-state index is 13.1. The third-order valence-electron chi connectivity index (χ3n) is 4.68. The van der Waals surface area contributed by atoms with Crippen LogP contribution in [0.3, 0.4) is 0 Å². The molecule has 0 aliphatic heterocycles. The van der Waals surface area contributed by atoms with Crippen molar-refractivity contribution in [3.05, 3.63) is 95.4 Å². The summed E-state index contributed by atoms with van der Waals surface area (Å²) in [7, 11) is 0. The van der Waals surface area contributed by atoms with Crippen LogP contribution in [0.1, 0.15) is 0 Å². The van der Waals surface area contributed by atoms with Gasteiger partial charge in [0.05, 0.1) is 11.0 Å². The number of para-hydroxylation sites is 4. The lowest BCUT2D eigenvalue weighted by molar-refractivity contribution is -0.117. The number of anilines is 1. The van der Waals surface area contributed by atoms with Crippen LogP contribution in [0.5, 0.6) is 11.6 Å². The van der Waals surface area contributed by atoms with Gasteiger partial charge in [0.15, 0.2) is 0 Å². The minimum atomic E-state index is -0.449. The molecule has 0 radical (unpaired) electrons. The summed E-state index contributed by atoms with van der Waals surface area (Å²) in [5.74, 6) is 0.389. The molecule has 1 amide bonds. The first kappa shape index (κ1) is 18.6. The lowest BCUT2D eigenvalue weighted by Crippen LogP contribution is -2.28. The number of aromatic nitrogens is 4. The van der Waals surface area contributed by atoms with Crippen molar-refractivity contribution in [2.45, 2.75) is 6.54 Å². The van der Waals surface area contributed by atoms with Gasteiger partial charge in [0.25, 0.3) is 5.88 Å². The highest BCUT2D eigenvalue weighted by molar-refractivity contribution is 5.90. The minimum absolute atomic E-state index is 0.184. The predicted molar refractivity (Wildman–Crippen MR) is 116 cm³/mol. The van der Waals surface area contributed by atoms with E-state index in [2.05, 4.69) is 15.4 Å². The van der Waals surface area contributed by atoms with E-state index in [9.17, 15) is 9.59 Å². The first-order chi connectivity index (χ1) is 15.2. The highest BCUT2D eigenvalue weighted by Crippen LogP contribution is 2.25. The first-order valence-corrected chi connectivity index (χ1v) is 9.65. The predicted octanol–water partition coefficient (Wildman–Crippen LogP) is 3.48. The van der Waals surface area contributed by atoms with Crippen LogP contribution >= 0.6 is 0 Å². The molecule has 0 aliphatic rings. The van der Waals surface area contributed by atoms with Gasteiger partial charge in [-0.25, -0.2) is 18.9 Å². The molecule has 0 fully saturated rings. The molecule has 8 nitrogen and oxygen atoms in total. The lowest BCUT2D eigenvalue weighted by Gasteiger charge is -2.07. The molecule has 0 saturated heterocycles. The summed E-state index contributed by atoms with van der Waals surface area (Å²) in [4.78, 5) is 30.2. The van der Waals surface area contributed by atoms with Crippen molar-refractivity contribution >= 4 is 28.3 Å². The number of ether oxygens (including phenoxy) is 1. The molecule has 0 bridgehead atoms. The van der Waals surface area contributed by atoms with Gasteiger partial charge in [-0.15, -0.1) is 5.10 Å². The van der Waals surface area contributed by atoms with E-state index in [0.29, 0.717) is 22.5 Å². The third kappa shape index (κ3) is 3.62. The zero-order valence-electron chi connectivity index (χ0n) is 16.3. The molecule has 0 unspecified atom stereocenters. The Morgan fingerprint density at radius 3 is 2.35 bits per heavy atom. The summed E-state index contributed by atoms with van der Waals surface area (Å²) in [6, 6.07) is 25.4. The Balaban J connectivity index is 1.58. The smallest absolute Gasteiger partial charge is 0.351 e. The Bertz CT molecular complexity index is 1440. The van der Waals surface area contributed by atoms with Crippen molar-refractivity contribution < 1.29 is 9.53 Å². The van der Waals surface area contributed by atoms with E-state index in [1.165, 1.54) is 4.40 Å². The molecule has 0 atom stereocenters. The average molecular weight is 411 g/mol. The van der Waals surface area contributed by atoms with Gasteiger partial charge >= 0.3 is 5.69 Å². The average Bonchev–Trinajstić information content (AvgIpc) is 3.12. The summed E-state index contributed by atoms with van der Waals surface area (Å²) in [6.45, 7) is -0.242. The molecule has 5 aromatic rings. The number of nitrogens with zero attached hydrogens (tertiary/aromatic N) is 4. The second-order valence-corrected chi connectivity index (χ2v) is 6.83. The second-order valence-electron chi connectivity index (χ2n) is 6.83. The molecule has 8 heteroatoms. The van der Waals surface area contributed by atoms with Crippen LogP contribution in [0.15, 0.2) is 89.7 Å². The summed E-state index contributed by atoms with van der Waals surface area (Å²) in [6.07, 6.45) is 0. The van der Waals surface area contributed by atoms with E-state index >= 15 is 0 Å². The van der Waals surface area contributed by atoms with Gasteiger partial charge in [0, 0.05) is 5.69 Å². The van der Waals surface area contributed by atoms with Crippen molar-refractivity contribution in [2.75, 3.05) is 5.32 Å². The molecular formula is C23H17N5O3. The zero-order valence-corrected chi connectivity index (χ0v) is 16.3. The summed E-state index contributed by atoms with van der Waals surface area (Å²) in [5, 5.41) is 7.12. The quantitative estimate of drug-likeness (QED) is 0.478. The van der Waals surface area contributed by atoms with Gasteiger partial charge in [-0.2, -0.15) is 0 Å². The van der Waals surface area contributed by atoms with Gasteiger partial charge in [-0.1, -0.05) is 48.5 Å². The SMILES string of the molecule is O=C(Cn1nc2c(Oc3ccccc3)nc3ccccc3n2c1=O)Nc1ccccc1. The molecule has 0 spiro atoms. The number of benzene rings is 3. The van der Waals surface area contributed by atoms with E-state index in [4.69, 9.17) is 4.74 Å². The van der Waals surface area contributed by atoms with Crippen molar-refractivity contribution in [1.82, 2.24) is 19.2 Å². The molecule has 2 heterocycles. The number of hydrogen-bond donors (Lipinski definition) is 1. The van der Waals surface area contributed by atoms with Crippen LogP contribution in [0, 0.1) is 0 Å². The monoisotopic (exact) mass is 411 g/mol. The number of amides is 1. The van der Waals surface area contributed by atoms with Crippen molar-refractivity contribution in [1.29, 1.82) is 0 Å². The summed E-state index contributed by atoms with van der Waals surface area (Å²) in [5.41, 5.74) is 1.59. The van der Waals surface area contributed by atoms with E-state index in [0.717, 1.165) is 4.68 Å². The number of fused-ring (bicyclic) bond motifs is 3. The Morgan fingerprint density at radius 2 is 1.58 bits per heavy atom. The lowest BCUT2D eigenvalue weighted by atomic mass is 10.3. The van der Waals surface area contributed by atoms with Crippen LogP contribution in [0.2, 0.25) is 0 Å². The van der Waals surface area contributed by atoms with Crippen molar-refractivity contribution in [3.63, 3.8) is 0 Å². The highest BCUT2D eigenvalue weighted by atomic mass is 16.5. The number of nitrogens with one attached hydrogen (secondary N) is 1. The first-order valence-electron chi connectivity index (χ1n) is 9.65. The third-order valence-corrected chi connectivity index (χ3v) is 4.68. The normalized spacial score (nSPS) is 11.0. The largest absolute Gasteiger partial charge is 0.436 e. The molecule has 5 rings (SSSR count). The van der Waals surface area contributed by atoms with E-state index < -0.39 is 5.69 Å². The van der Waals surface area contributed by atoms with Gasteiger partial charge in [0.2, 0.25) is 11.6 Å². The topological polar surface area (TPSA) is 90.5 Å². The maximum absolute atomic E-state index is 13.1. The van der Waals surface area contributed by atoms with Crippen LogP contribution in [-0.4, -0.2) is 25.1 Å². The van der Waals surface area contributed by atoms with Gasteiger partial charge in [-0.05, 0) is 36.4 Å². The minimum Gasteiger partial charge on any atom is -0.436 e. The Labute approximate surface area is 176 Å². The fraction of sp³-hybridized carbons (Fsp3) is 0.0435. The standard InChI is InChI=1S/C23H17N5O3/c29-20(24-16-9-3-1-4-10-16)15-27-23(30)28-19-14-8-7-13-18(19)25-22(21(28)26-27)31-17-11-5-2-6-12-17/h1-14H,15H2,(H,24,29). The van der Waals surface area contributed by atoms with E-state index in [-0.39, 0.29) is 24.0 Å². The van der Waals surface area contributed by atoms with Crippen LogP contribution in [-0.2, 0) is 11.3 Å². The molecule has 0 aliphatic carbocycles. The van der Waals surface area contributed by atoms with Crippen LogP contribution in [0.25, 0.3) is 16.7 Å². The molecule has 152 valence electrons. The molecule has 3 aromatic carbocycles. The molecule has 1 N–H and O–H groups in total. The maximum Gasteiger partial charge on any atom is 0.351 e. The fourth-order valence-electron chi connectivity index (χ4n) is 3.30. The number of rotatable bonds is 5. The molecule has 31 heavy (non-hydrogen) atoms. The Hall–Kier alpha value is -4.46. The van der Waals surface area contributed by atoms with E-state index in [1.807, 2.05) is 48.5 Å². The Kier molecular flexibility index (Phi) is 4.64. The van der Waals surface area contributed by atoms with Crippen molar-refractivity contribution in [3.8, 4) is 11.6 Å². The van der Waals surface area contributed by atoms with Crippen molar-refractivity contribution in [2.24, 2.45) is 0 Å². The number of carbonyl (C=O) groups is 1.